The highest BCUT2D eigenvalue weighted by atomic mass is 16.7. The van der Waals surface area contributed by atoms with Crippen molar-refractivity contribution in [2.45, 2.75) is 64.6 Å². The highest BCUT2D eigenvalue weighted by Gasteiger charge is 2.52. The van der Waals surface area contributed by atoms with E-state index in [-0.39, 0.29) is 17.6 Å². The SMILES string of the molecule is COc1cccc(B2OC(C)(C)C(C)(C)O2)c1C1CC(=O)c2c(C)nc(N)nc2C1. The van der Waals surface area contributed by atoms with E-state index in [9.17, 15) is 4.79 Å². The maximum atomic E-state index is 13.0. The summed E-state index contributed by atoms with van der Waals surface area (Å²) in [6.45, 7) is 9.89. The predicted octanol–water partition coefficient (Wildman–Crippen LogP) is 2.59. The first-order valence-corrected chi connectivity index (χ1v) is 10.2. The van der Waals surface area contributed by atoms with E-state index in [4.69, 9.17) is 19.8 Å². The molecule has 0 saturated carbocycles. The van der Waals surface area contributed by atoms with Crippen LogP contribution >= 0.6 is 0 Å². The van der Waals surface area contributed by atoms with Crippen LogP contribution in [0.2, 0.25) is 0 Å². The second-order valence-corrected chi connectivity index (χ2v) is 9.07. The van der Waals surface area contributed by atoms with Crippen molar-refractivity contribution in [3.05, 3.63) is 40.7 Å². The molecule has 2 heterocycles. The van der Waals surface area contributed by atoms with E-state index in [0.29, 0.717) is 35.5 Å². The summed E-state index contributed by atoms with van der Waals surface area (Å²) < 4.78 is 18.3. The number of ether oxygens (including phenoxy) is 1. The third-order valence-corrected chi connectivity index (χ3v) is 6.57. The largest absolute Gasteiger partial charge is 0.496 e. The third-order valence-electron chi connectivity index (χ3n) is 6.57. The summed E-state index contributed by atoms with van der Waals surface area (Å²) >= 11 is 0. The molecule has 1 atom stereocenters. The number of benzene rings is 1. The number of anilines is 1. The lowest BCUT2D eigenvalue weighted by atomic mass is 9.69. The number of nitrogen functional groups attached to an aromatic ring is 1. The number of hydrogen-bond acceptors (Lipinski definition) is 7. The van der Waals surface area contributed by atoms with Gasteiger partial charge in [-0.2, -0.15) is 0 Å². The minimum atomic E-state index is -0.547. The molecule has 1 aliphatic carbocycles. The molecule has 1 saturated heterocycles. The summed E-state index contributed by atoms with van der Waals surface area (Å²) in [7, 11) is 1.09. The fourth-order valence-corrected chi connectivity index (χ4v) is 4.35. The lowest BCUT2D eigenvalue weighted by molar-refractivity contribution is 0.00578. The van der Waals surface area contributed by atoms with Crippen molar-refractivity contribution < 1.29 is 18.8 Å². The van der Waals surface area contributed by atoms with Gasteiger partial charge in [0.25, 0.3) is 0 Å². The molecule has 8 heteroatoms. The molecule has 2 aliphatic rings. The fourth-order valence-electron chi connectivity index (χ4n) is 4.35. The van der Waals surface area contributed by atoms with Crippen LogP contribution in [0, 0.1) is 6.92 Å². The minimum absolute atomic E-state index is 0.0181. The van der Waals surface area contributed by atoms with Gasteiger partial charge >= 0.3 is 7.12 Å². The number of carbonyl (C=O) groups is 1. The van der Waals surface area contributed by atoms with Gasteiger partial charge in [-0.3, -0.25) is 4.79 Å². The van der Waals surface area contributed by atoms with Crippen molar-refractivity contribution in [2.75, 3.05) is 12.8 Å². The van der Waals surface area contributed by atoms with E-state index in [0.717, 1.165) is 11.0 Å². The molecule has 7 nitrogen and oxygen atoms in total. The van der Waals surface area contributed by atoms with E-state index < -0.39 is 18.3 Å². The van der Waals surface area contributed by atoms with Gasteiger partial charge in [0, 0.05) is 6.42 Å². The molecule has 158 valence electrons. The number of carbonyl (C=O) groups excluding carboxylic acids is 1. The average Bonchev–Trinajstić information content (AvgIpc) is 2.87. The van der Waals surface area contributed by atoms with Crippen molar-refractivity contribution in [3.63, 3.8) is 0 Å². The standard InChI is InChI=1S/C22H28BN3O4/c1-12-18-15(26-20(24)25-12)10-13(11-16(18)27)19-14(8-7-9-17(19)28-6)23-29-21(2,3)22(4,5)30-23/h7-9,13H,10-11H2,1-6H3,(H2,24,25,26). The lowest BCUT2D eigenvalue weighted by Gasteiger charge is -2.32. The Morgan fingerprint density at radius 1 is 1.13 bits per heavy atom. The van der Waals surface area contributed by atoms with Crippen molar-refractivity contribution in [3.8, 4) is 5.75 Å². The second kappa shape index (κ2) is 7.06. The maximum absolute atomic E-state index is 13.0. The van der Waals surface area contributed by atoms with Gasteiger partial charge in [0.15, 0.2) is 5.78 Å². The fraction of sp³-hybridized carbons (Fsp3) is 0.500. The molecule has 2 aromatic rings. The maximum Gasteiger partial charge on any atom is 0.495 e. The Balaban J connectivity index is 1.79. The Kier molecular flexibility index (Phi) is 4.90. The molecule has 1 aromatic heterocycles. The van der Waals surface area contributed by atoms with Crippen LogP contribution in [0.25, 0.3) is 0 Å². The summed E-state index contributed by atoms with van der Waals surface area (Å²) in [6.07, 6.45) is 0.912. The van der Waals surface area contributed by atoms with Gasteiger partial charge < -0.3 is 19.8 Å². The van der Waals surface area contributed by atoms with Crippen LogP contribution < -0.4 is 15.9 Å². The molecule has 1 aliphatic heterocycles. The van der Waals surface area contributed by atoms with Crippen molar-refractivity contribution >= 4 is 24.3 Å². The normalized spacial score (nSPS) is 22.1. The van der Waals surface area contributed by atoms with Gasteiger partial charge in [-0.15, -0.1) is 0 Å². The van der Waals surface area contributed by atoms with Gasteiger partial charge in [-0.25, -0.2) is 9.97 Å². The Morgan fingerprint density at radius 2 is 1.80 bits per heavy atom. The molecule has 0 radical (unpaired) electrons. The number of hydrogen-bond donors (Lipinski definition) is 1. The number of ketones is 1. The molecular formula is C22H28BN3O4. The van der Waals surface area contributed by atoms with Crippen LogP contribution in [0.5, 0.6) is 5.75 Å². The van der Waals surface area contributed by atoms with E-state index in [1.807, 2.05) is 45.9 Å². The van der Waals surface area contributed by atoms with Crippen LogP contribution in [-0.2, 0) is 15.7 Å². The van der Waals surface area contributed by atoms with E-state index in [1.54, 1.807) is 14.0 Å². The number of Topliss-reactive ketones (excluding diaryl/α,β-unsaturated/α-hetero) is 1. The molecule has 0 bridgehead atoms. The number of nitrogens with two attached hydrogens (primary N) is 1. The summed E-state index contributed by atoms with van der Waals surface area (Å²) in [5.41, 5.74) is 8.64. The van der Waals surface area contributed by atoms with E-state index in [1.165, 1.54) is 0 Å². The molecule has 2 N–H and O–H groups in total. The number of aryl methyl sites for hydroxylation is 1. The molecule has 1 aromatic carbocycles. The first kappa shape index (κ1) is 20.8. The Labute approximate surface area is 177 Å². The molecule has 4 rings (SSSR count). The van der Waals surface area contributed by atoms with Gasteiger partial charge in [0.2, 0.25) is 5.95 Å². The van der Waals surface area contributed by atoms with Crippen LogP contribution in [-0.4, -0.2) is 41.2 Å². The third kappa shape index (κ3) is 3.28. The zero-order valence-electron chi connectivity index (χ0n) is 18.4. The van der Waals surface area contributed by atoms with Crippen molar-refractivity contribution in [2.24, 2.45) is 0 Å². The highest BCUT2D eigenvalue weighted by Crippen LogP contribution is 2.40. The Bertz CT molecular complexity index is 1010. The van der Waals surface area contributed by atoms with Crippen molar-refractivity contribution in [1.82, 2.24) is 9.97 Å². The molecule has 1 fully saturated rings. The van der Waals surface area contributed by atoms with Crippen LogP contribution in [0.4, 0.5) is 5.95 Å². The Hall–Kier alpha value is -2.45. The highest BCUT2D eigenvalue weighted by molar-refractivity contribution is 6.62. The molecule has 0 spiro atoms. The number of nitrogens with zero attached hydrogens (tertiary/aromatic N) is 2. The van der Waals surface area contributed by atoms with Gasteiger partial charge in [0.05, 0.1) is 35.3 Å². The summed E-state index contributed by atoms with van der Waals surface area (Å²) in [5.74, 6) is 0.793. The zero-order valence-corrected chi connectivity index (χ0v) is 18.4. The monoisotopic (exact) mass is 409 g/mol. The first-order chi connectivity index (χ1) is 14.0. The topological polar surface area (TPSA) is 96.6 Å². The number of rotatable bonds is 3. The quantitative estimate of drug-likeness (QED) is 0.779. The second-order valence-electron chi connectivity index (χ2n) is 9.07. The lowest BCUT2D eigenvalue weighted by Crippen LogP contribution is -2.41. The van der Waals surface area contributed by atoms with Crippen LogP contribution in [0.15, 0.2) is 18.2 Å². The molecule has 0 amide bonds. The van der Waals surface area contributed by atoms with E-state index >= 15 is 0 Å². The first-order valence-electron chi connectivity index (χ1n) is 10.2. The smallest absolute Gasteiger partial charge is 0.495 e. The minimum Gasteiger partial charge on any atom is -0.496 e. The average molecular weight is 409 g/mol. The van der Waals surface area contributed by atoms with E-state index in [2.05, 4.69) is 9.97 Å². The van der Waals surface area contributed by atoms with Gasteiger partial charge in [-0.05, 0) is 64.1 Å². The molecule has 1 unspecified atom stereocenters. The summed E-state index contributed by atoms with van der Waals surface area (Å²) in [6, 6.07) is 5.81. The zero-order chi connectivity index (χ0) is 21.8. The van der Waals surface area contributed by atoms with Crippen molar-refractivity contribution in [1.29, 1.82) is 0 Å². The summed E-state index contributed by atoms with van der Waals surface area (Å²) in [4.78, 5) is 21.6. The van der Waals surface area contributed by atoms with Gasteiger partial charge in [0.1, 0.15) is 5.75 Å². The predicted molar refractivity (Wildman–Crippen MR) is 115 cm³/mol. The van der Waals surface area contributed by atoms with Crippen LogP contribution in [0.3, 0.4) is 0 Å². The Morgan fingerprint density at radius 3 is 2.43 bits per heavy atom. The molecular weight excluding hydrogens is 381 g/mol. The molecule has 30 heavy (non-hydrogen) atoms. The van der Waals surface area contributed by atoms with Crippen LogP contribution in [0.1, 0.15) is 67.3 Å². The summed E-state index contributed by atoms with van der Waals surface area (Å²) in [5, 5.41) is 0. The number of fused-ring (bicyclic) bond motifs is 1. The number of aromatic nitrogens is 2. The number of methoxy groups -OCH3 is 1. The van der Waals surface area contributed by atoms with Gasteiger partial charge in [-0.1, -0.05) is 12.1 Å².